The molecule has 29 heavy (non-hydrogen) atoms. The Labute approximate surface area is 171 Å². The first kappa shape index (κ1) is 35.1. The highest BCUT2D eigenvalue weighted by Crippen LogP contribution is 2.18. The molecule has 0 amide bonds. The fourth-order valence-corrected chi connectivity index (χ4v) is 1.26. The molecule has 0 aliphatic rings. The first-order valence-electron chi connectivity index (χ1n) is 9.40. The summed E-state index contributed by atoms with van der Waals surface area (Å²) < 4.78 is 0. The Morgan fingerprint density at radius 2 is 0.897 bits per heavy atom. The van der Waals surface area contributed by atoms with Crippen molar-refractivity contribution >= 4 is 11.9 Å². The second-order valence-corrected chi connectivity index (χ2v) is 5.92. The molecule has 0 aromatic carbocycles. The van der Waals surface area contributed by atoms with Crippen LogP contribution in [-0.4, -0.2) is 104 Å². The Hall–Kier alpha value is -1.34. The van der Waals surface area contributed by atoms with Crippen molar-refractivity contribution in [1.29, 1.82) is 0 Å². The van der Waals surface area contributed by atoms with Crippen molar-refractivity contribution in [3.8, 4) is 0 Å². The van der Waals surface area contributed by atoms with Gasteiger partial charge in [0.15, 0.2) is 0 Å². The van der Waals surface area contributed by atoms with Crippen LogP contribution in [0.5, 0.6) is 0 Å². The lowest BCUT2D eigenvalue weighted by molar-refractivity contribution is -0.139. The van der Waals surface area contributed by atoms with Crippen molar-refractivity contribution in [2.45, 2.75) is 51.9 Å². The molecule has 0 aromatic rings. The lowest BCUT2D eigenvalue weighted by atomic mass is 9.88. The van der Waals surface area contributed by atoms with Crippen LogP contribution in [0.25, 0.3) is 0 Å². The van der Waals surface area contributed by atoms with E-state index in [9.17, 15) is 9.59 Å². The van der Waals surface area contributed by atoms with Gasteiger partial charge in [-0.15, -0.1) is 0 Å². The summed E-state index contributed by atoms with van der Waals surface area (Å²) in [7, 11) is 0. The van der Waals surface area contributed by atoms with E-state index in [2.05, 4.69) is 0 Å². The molecule has 9 N–H and O–H groups in total. The van der Waals surface area contributed by atoms with Crippen molar-refractivity contribution in [2.24, 2.45) is 5.41 Å². The Balaban J connectivity index is -0.000000151. The summed E-state index contributed by atoms with van der Waals surface area (Å²) in [5, 5.41) is 73.7. The van der Waals surface area contributed by atoms with E-state index in [4.69, 9.17) is 46.0 Å². The van der Waals surface area contributed by atoms with Crippen LogP contribution >= 0.6 is 0 Å². The summed E-state index contributed by atoms with van der Waals surface area (Å²) in [4.78, 5) is 19.8. The van der Waals surface area contributed by atoms with Gasteiger partial charge >= 0.3 is 11.9 Å². The van der Waals surface area contributed by atoms with E-state index < -0.39 is 17.4 Å². The van der Waals surface area contributed by atoms with Crippen LogP contribution in [0.3, 0.4) is 0 Å². The van der Waals surface area contributed by atoms with Crippen LogP contribution in [0.1, 0.15) is 51.9 Å². The highest BCUT2D eigenvalue weighted by molar-refractivity contribution is 5.67. The normalized spacial score (nSPS) is 9.79. The van der Waals surface area contributed by atoms with Gasteiger partial charge in [-0.1, -0.05) is 6.92 Å². The first-order valence-corrected chi connectivity index (χ1v) is 9.40. The first-order chi connectivity index (χ1) is 13.7. The molecule has 0 saturated carbocycles. The van der Waals surface area contributed by atoms with Crippen molar-refractivity contribution in [3.05, 3.63) is 0 Å². The number of aliphatic hydroxyl groups is 7. The smallest absolute Gasteiger partial charge is 0.303 e. The SMILES string of the molecule is CCC(CO)(CO)CO.O=C(O)CCCCC(=O)O.OCCCCO.OCCO. The highest BCUT2D eigenvalue weighted by atomic mass is 16.4. The Morgan fingerprint density at radius 1 is 0.586 bits per heavy atom. The molecule has 0 spiro atoms. The van der Waals surface area contributed by atoms with E-state index in [0.717, 1.165) is 12.8 Å². The minimum absolute atomic E-state index is 0.0628. The zero-order valence-corrected chi connectivity index (χ0v) is 17.2. The fourth-order valence-electron chi connectivity index (χ4n) is 1.26. The van der Waals surface area contributed by atoms with Crippen molar-refractivity contribution in [3.63, 3.8) is 0 Å². The largest absolute Gasteiger partial charge is 0.481 e. The average molecular weight is 433 g/mol. The van der Waals surface area contributed by atoms with Gasteiger partial charge in [0.25, 0.3) is 0 Å². The molecule has 0 fully saturated rings. The lowest BCUT2D eigenvalue weighted by Crippen LogP contribution is -2.32. The van der Waals surface area contributed by atoms with Gasteiger partial charge in [0.2, 0.25) is 0 Å². The molecule has 178 valence electrons. The van der Waals surface area contributed by atoms with E-state index in [1.165, 1.54) is 0 Å². The molecule has 0 radical (unpaired) electrons. The molecule has 0 aliphatic carbocycles. The number of aliphatic carboxylic acids is 2. The third-order valence-electron chi connectivity index (χ3n) is 3.45. The maximum absolute atomic E-state index is 9.90. The topological polar surface area (TPSA) is 216 Å². The maximum Gasteiger partial charge on any atom is 0.303 e. The molecule has 0 atom stereocenters. The number of carbonyl (C=O) groups is 2. The number of carboxylic acids is 2. The molecular formula is C18H40O11. The number of carboxylic acid groups (broad SMARTS) is 2. The predicted molar refractivity (Wildman–Crippen MR) is 105 cm³/mol. The number of unbranched alkanes of at least 4 members (excludes halogenated alkanes) is 2. The maximum atomic E-state index is 9.90. The van der Waals surface area contributed by atoms with Gasteiger partial charge < -0.3 is 46.0 Å². The second kappa shape index (κ2) is 28.9. The van der Waals surface area contributed by atoms with Gasteiger partial charge in [0, 0.05) is 31.5 Å². The van der Waals surface area contributed by atoms with Crippen LogP contribution in [0.4, 0.5) is 0 Å². The van der Waals surface area contributed by atoms with E-state index >= 15 is 0 Å². The van der Waals surface area contributed by atoms with E-state index in [0.29, 0.717) is 19.3 Å². The van der Waals surface area contributed by atoms with Crippen molar-refractivity contribution in [1.82, 2.24) is 0 Å². The number of rotatable bonds is 13. The quantitative estimate of drug-likeness (QED) is 0.157. The molecule has 0 heterocycles. The van der Waals surface area contributed by atoms with Gasteiger partial charge in [-0.25, -0.2) is 0 Å². The molecule has 0 rings (SSSR count). The Morgan fingerprint density at radius 3 is 1.00 bits per heavy atom. The molecular weight excluding hydrogens is 392 g/mol. The standard InChI is InChI=1S/C6H10O4.C6H14O3.C4H10O2.C2H6O2/c7-5(8)3-1-2-4-6(9)10;1-2-6(3-7,4-8)5-9;5-3-1-2-4-6;3-1-2-4/h1-4H2,(H,7,8)(H,9,10);7-9H,2-5H2,1H3;5-6H,1-4H2;3-4H,1-2H2. The van der Waals surface area contributed by atoms with Crippen LogP contribution in [0.15, 0.2) is 0 Å². The van der Waals surface area contributed by atoms with Crippen LogP contribution in [-0.2, 0) is 9.59 Å². The zero-order valence-electron chi connectivity index (χ0n) is 17.2. The van der Waals surface area contributed by atoms with Gasteiger partial charge in [0.05, 0.1) is 33.0 Å². The van der Waals surface area contributed by atoms with Gasteiger partial charge in [-0.05, 0) is 32.1 Å². The molecule has 11 nitrogen and oxygen atoms in total. The van der Waals surface area contributed by atoms with Crippen molar-refractivity contribution in [2.75, 3.05) is 46.2 Å². The minimum Gasteiger partial charge on any atom is -0.481 e. The molecule has 0 unspecified atom stereocenters. The van der Waals surface area contributed by atoms with E-state index in [1.54, 1.807) is 0 Å². The summed E-state index contributed by atoms with van der Waals surface area (Å²) in [5.74, 6) is -1.74. The average Bonchev–Trinajstić information content (AvgIpc) is 2.72. The van der Waals surface area contributed by atoms with Gasteiger partial charge in [-0.3, -0.25) is 9.59 Å². The van der Waals surface area contributed by atoms with Crippen molar-refractivity contribution < 1.29 is 55.5 Å². The molecule has 0 aliphatic heterocycles. The summed E-state index contributed by atoms with van der Waals surface area (Å²) in [6.45, 7) is 1.49. The molecule has 11 heteroatoms. The monoisotopic (exact) mass is 432 g/mol. The summed E-state index contributed by atoms with van der Waals surface area (Å²) >= 11 is 0. The van der Waals surface area contributed by atoms with E-state index in [1.807, 2.05) is 6.92 Å². The highest BCUT2D eigenvalue weighted by Gasteiger charge is 2.24. The molecule has 0 bridgehead atoms. The zero-order chi connectivity index (χ0) is 23.6. The third kappa shape index (κ3) is 34.6. The van der Waals surface area contributed by atoms with Crippen LogP contribution < -0.4 is 0 Å². The predicted octanol–water partition coefficient (Wildman–Crippen LogP) is -1.20. The Bertz CT molecular complexity index is 294. The van der Waals surface area contributed by atoms with Crippen LogP contribution in [0.2, 0.25) is 0 Å². The number of hydrogen-bond donors (Lipinski definition) is 9. The summed E-state index contributed by atoms with van der Waals surface area (Å²) in [6.07, 6.45) is 3.05. The molecule has 0 saturated heterocycles. The number of aliphatic hydroxyl groups excluding tert-OH is 7. The third-order valence-corrected chi connectivity index (χ3v) is 3.45. The Kier molecular flexibility index (Phi) is 35.0. The minimum atomic E-state index is -0.870. The summed E-state index contributed by atoms with van der Waals surface area (Å²) in [5.41, 5.74) is -0.667. The molecule has 0 aromatic heterocycles. The second-order valence-electron chi connectivity index (χ2n) is 5.92. The fraction of sp³-hybridized carbons (Fsp3) is 0.889. The van der Waals surface area contributed by atoms with E-state index in [-0.39, 0.29) is 59.1 Å². The van der Waals surface area contributed by atoms with Crippen LogP contribution in [0, 0.1) is 5.41 Å². The lowest BCUT2D eigenvalue weighted by Gasteiger charge is -2.24. The number of hydrogen-bond acceptors (Lipinski definition) is 9. The van der Waals surface area contributed by atoms with Gasteiger partial charge in [-0.2, -0.15) is 0 Å². The summed E-state index contributed by atoms with van der Waals surface area (Å²) in [6, 6.07) is 0. The van der Waals surface area contributed by atoms with Gasteiger partial charge in [0.1, 0.15) is 0 Å².